The molecule has 0 N–H and O–H groups in total. The number of piperidine rings is 1. The van der Waals surface area contributed by atoms with E-state index in [2.05, 4.69) is 10.1 Å². The van der Waals surface area contributed by atoms with Gasteiger partial charge in [-0.1, -0.05) is 18.2 Å². The summed E-state index contributed by atoms with van der Waals surface area (Å²) in [6.45, 7) is 5.29. The van der Waals surface area contributed by atoms with Crippen molar-refractivity contribution in [1.82, 2.24) is 19.7 Å². The van der Waals surface area contributed by atoms with Gasteiger partial charge >= 0.3 is 0 Å². The van der Waals surface area contributed by atoms with E-state index in [9.17, 15) is 9.18 Å². The van der Waals surface area contributed by atoms with Crippen molar-refractivity contribution in [1.29, 1.82) is 0 Å². The minimum absolute atomic E-state index is 0.0319. The van der Waals surface area contributed by atoms with Gasteiger partial charge in [-0.25, -0.2) is 14.1 Å². The molecule has 1 aliphatic heterocycles. The number of aryl methyl sites for hydroxylation is 2. The number of nitrogens with zero attached hydrogens (tertiary/aromatic N) is 4. The maximum absolute atomic E-state index is 13.9. The molecule has 0 spiro atoms. The molecule has 1 saturated heterocycles. The largest absolute Gasteiger partial charge is 0.340 e. The van der Waals surface area contributed by atoms with Gasteiger partial charge in [-0.05, 0) is 50.7 Å². The number of aromatic nitrogens is 3. The summed E-state index contributed by atoms with van der Waals surface area (Å²) in [5, 5.41) is 4.48. The van der Waals surface area contributed by atoms with Crippen LogP contribution in [0.25, 0.3) is 0 Å². The van der Waals surface area contributed by atoms with Gasteiger partial charge in [-0.15, -0.1) is 0 Å². The van der Waals surface area contributed by atoms with Crippen molar-refractivity contribution in [2.45, 2.75) is 45.1 Å². The highest BCUT2D eigenvalue weighted by Crippen LogP contribution is 2.49. The highest BCUT2D eigenvalue weighted by molar-refractivity contribution is 5.83. The van der Waals surface area contributed by atoms with Crippen molar-refractivity contribution >= 4 is 5.91 Å². The smallest absolute Gasteiger partial charge is 0.226 e. The molecule has 2 aliphatic rings. The molecule has 2 heterocycles. The molecule has 4 rings (SSSR count). The first-order valence-corrected chi connectivity index (χ1v) is 8.97. The lowest BCUT2D eigenvalue weighted by Crippen LogP contribution is -2.42. The summed E-state index contributed by atoms with van der Waals surface area (Å²) >= 11 is 0. The highest BCUT2D eigenvalue weighted by atomic mass is 19.1. The van der Waals surface area contributed by atoms with Crippen LogP contribution in [0.3, 0.4) is 0 Å². The van der Waals surface area contributed by atoms with Crippen LogP contribution >= 0.6 is 0 Å². The Morgan fingerprint density at radius 1 is 1.28 bits per heavy atom. The predicted octanol–water partition coefficient (Wildman–Crippen LogP) is 3.00. The average molecular weight is 342 g/mol. The van der Waals surface area contributed by atoms with E-state index in [0.29, 0.717) is 12.1 Å². The van der Waals surface area contributed by atoms with Crippen molar-refractivity contribution in [3.63, 3.8) is 0 Å². The van der Waals surface area contributed by atoms with E-state index in [1.54, 1.807) is 12.1 Å². The van der Waals surface area contributed by atoms with Gasteiger partial charge in [0.05, 0.1) is 6.04 Å². The second kappa shape index (κ2) is 6.24. The minimum atomic E-state index is -0.201. The highest BCUT2D eigenvalue weighted by Gasteiger charge is 2.47. The molecule has 0 radical (unpaired) electrons. The van der Waals surface area contributed by atoms with Crippen LogP contribution in [0.2, 0.25) is 0 Å². The first-order chi connectivity index (χ1) is 12.0. The summed E-state index contributed by atoms with van der Waals surface area (Å²) in [4.78, 5) is 19.2. The number of amides is 1. The van der Waals surface area contributed by atoms with E-state index in [-0.39, 0.29) is 29.6 Å². The van der Waals surface area contributed by atoms with Crippen LogP contribution in [0.1, 0.15) is 48.4 Å². The van der Waals surface area contributed by atoms with Crippen LogP contribution < -0.4 is 0 Å². The zero-order valence-electron chi connectivity index (χ0n) is 14.7. The van der Waals surface area contributed by atoms with Gasteiger partial charge in [0, 0.05) is 19.0 Å². The van der Waals surface area contributed by atoms with Gasteiger partial charge in [0.1, 0.15) is 17.5 Å². The summed E-state index contributed by atoms with van der Waals surface area (Å²) in [6, 6.07) is 6.99. The number of benzene rings is 1. The first kappa shape index (κ1) is 16.2. The van der Waals surface area contributed by atoms with Crippen molar-refractivity contribution in [2.75, 3.05) is 13.1 Å². The van der Waals surface area contributed by atoms with E-state index in [1.165, 1.54) is 6.07 Å². The third kappa shape index (κ3) is 3.05. The summed E-state index contributed by atoms with van der Waals surface area (Å²) in [6.07, 6.45) is 2.73. The number of hydrogen-bond donors (Lipinski definition) is 0. The maximum atomic E-state index is 13.9. The SMILES string of the molecule is Cc1nc(C)n([C@@H]2CCCN(C(=O)[C@H]3C[C@@H]3c3ccccc3F)C2)n1. The standard InChI is InChI=1S/C19H23FN4O/c1-12-21-13(2)24(22-12)14-6-5-9-23(11-14)19(25)17-10-16(17)15-7-3-4-8-18(15)20/h3-4,7-8,14,16-17H,5-6,9-11H2,1-2H3/t14-,16-,17+/m1/s1. The molecule has 132 valence electrons. The summed E-state index contributed by atoms with van der Waals surface area (Å²) in [5.74, 6) is 1.58. The quantitative estimate of drug-likeness (QED) is 0.862. The Morgan fingerprint density at radius 2 is 2.08 bits per heavy atom. The van der Waals surface area contributed by atoms with Crippen molar-refractivity contribution in [2.24, 2.45) is 5.92 Å². The Kier molecular flexibility index (Phi) is 4.06. The van der Waals surface area contributed by atoms with E-state index >= 15 is 0 Å². The lowest BCUT2D eigenvalue weighted by atomic mass is 10.0. The molecule has 1 saturated carbocycles. The lowest BCUT2D eigenvalue weighted by molar-refractivity contribution is -0.134. The minimum Gasteiger partial charge on any atom is -0.340 e. The summed E-state index contributed by atoms with van der Waals surface area (Å²) in [7, 11) is 0. The van der Waals surface area contributed by atoms with Crippen LogP contribution in [-0.2, 0) is 4.79 Å². The Balaban J connectivity index is 1.45. The molecule has 0 unspecified atom stereocenters. The van der Waals surface area contributed by atoms with Gasteiger partial charge in [0.15, 0.2) is 0 Å². The monoisotopic (exact) mass is 342 g/mol. The number of halogens is 1. The average Bonchev–Trinajstić information content (AvgIpc) is 3.32. The van der Waals surface area contributed by atoms with Crippen molar-refractivity contribution < 1.29 is 9.18 Å². The van der Waals surface area contributed by atoms with Gasteiger partial charge in [0.25, 0.3) is 0 Å². The molecule has 1 aromatic heterocycles. The topological polar surface area (TPSA) is 51.0 Å². The fraction of sp³-hybridized carbons (Fsp3) is 0.526. The molecule has 3 atom stereocenters. The van der Waals surface area contributed by atoms with Gasteiger partial charge in [0.2, 0.25) is 5.91 Å². The molecule has 0 bridgehead atoms. The number of likely N-dealkylation sites (tertiary alicyclic amines) is 1. The third-order valence-corrected chi connectivity index (χ3v) is 5.37. The van der Waals surface area contributed by atoms with Gasteiger partial charge in [-0.2, -0.15) is 5.10 Å². The molecule has 2 fully saturated rings. The molecule has 1 aliphatic carbocycles. The van der Waals surface area contributed by atoms with Crippen molar-refractivity contribution in [3.8, 4) is 0 Å². The molecular formula is C19H23FN4O. The van der Waals surface area contributed by atoms with Crippen LogP contribution in [0.5, 0.6) is 0 Å². The van der Waals surface area contributed by atoms with E-state index in [4.69, 9.17) is 0 Å². The molecule has 6 heteroatoms. The number of rotatable bonds is 3. The second-order valence-electron chi connectivity index (χ2n) is 7.20. The lowest BCUT2D eigenvalue weighted by Gasteiger charge is -2.33. The number of carbonyl (C=O) groups is 1. The van der Waals surface area contributed by atoms with E-state index in [0.717, 1.165) is 37.5 Å². The van der Waals surface area contributed by atoms with E-state index < -0.39 is 0 Å². The zero-order valence-corrected chi connectivity index (χ0v) is 14.7. The second-order valence-corrected chi connectivity index (χ2v) is 7.20. The maximum Gasteiger partial charge on any atom is 0.226 e. The molecule has 5 nitrogen and oxygen atoms in total. The molecule has 25 heavy (non-hydrogen) atoms. The van der Waals surface area contributed by atoms with Crippen LogP contribution in [0, 0.1) is 25.6 Å². The normalized spacial score (nSPS) is 25.9. The molecular weight excluding hydrogens is 319 g/mol. The zero-order chi connectivity index (χ0) is 17.6. The number of carbonyl (C=O) groups excluding carboxylic acids is 1. The fourth-order valence-corrected chi connectivity index (χ4v) is 4.06. The summed E-state index contributed by atoms with van der Waals surface area (Å²) < 4.78 is 15.9. The van der Waals surface area contributed by atoms with Gasteiger partial charge in [-0.3, -0.25) is 4.79 Å². The number of hydrogen-bond acceptors (Lipinski definition) is 3. The van der Waals surface area contributed by atoms with Crippen molar-refractivity contribution in [3.05, 3.63) is 47.3 Å². The Labute approximate surface area is 146 Å². The molecule has 2 aromatic rings. The van der Waals surface area contributed by atoms with E-state index in [1.807, 2.05) is 29.5 Å². The Morgan fingerprint density at radius 3 is 2.80 bits per heavy atom. The first-order valence-electron chi connectivity index (χ1n) is 8.97. The molecule has 1 aromatic carbocycles. The van der Waals surface area contributed by atoms with Crippen LogP contribution in [-0.4, -0.2) is 38.7 Å². The molecule has 1 amide bonds. The predicted molar refractivity (Wildman–Crippen MR) is 91.6 cm³/mol. The summed E-state index contributed by atoms with van der Waals surface area (Å²) in [5.41, 5.74) is 0.678. The fourth-order valence-electron chi connectivity index (χ4n) is 4.06. The van der Waals surface area contributed by atoms with Crippen LogP contribution in [0.15, 0.2) is 24.3 Å². The Bertz CT molecular complexity index is 802. The van der Waals surface area contributed by atoms with Gasteiger partial charge < -0.3 is 4.90 Å². The Hall–Kier alpha value is -2.24. The third-order valence-electron chi connectivity index (χ3n) is 5.37. The van der Waals surface area contributed by atoms with Crippen LogP contribution in [0.4, 0.5) is 4.39 Å².